The number of hydrogen-bond donors (Lipinski definition) is 0. The molecule has 0 bridgehead atoms. The molecule has 0 aliphatic carbocycles. The molecule has 106 valence electrons. The smallest absolute Gasteiger partial charge is 0.180 e. The summed E-state index contributed by atoms with van der Waals surface area (Å²) in [5.41, 5.74) is 1.35. The van der Waals surface area contributed by atoms with E-state index in [1.807, 2.05) is 48.5 Å². The van der Waals surface area contributed by atoms with Crippen LogP contribution in [0.1, 0.15) is 27.1 Å². The second-order valence-corrected chi connectivity index (χ2v) is 5.28. The van der Waals surface area contributed by atoms with Crippen LogP contribution in [0.2, 0.25) is 0 Å². The molecular formula is C18H17NO2. The Hall–Kier alpha value is -2.26. The van der Waals surface area contributed by atoms with Gasteiger partial charge in [0.15, 0.2) is 11.6 Å². The first-order chi connectivity index (χ1) is 10.3. The lowest BCUT2D eigenvalue weighted by atomic mass is 9.97. The molecule has 2 aromatic carbocycles. The van der Waals surface area contributed by atoms with Gasteiger partial charge in [-0.15, -0.1) is 0 Å². The molecule has 1 atom stereocenters. The molecule has 1 aliphatic heterocycles. The van der Waals surface area contributed by atoms with Crippen molar-refractivity contribution in [1.29, 1.82) is 0 Å². The van der Waals surface area contributed by atoms with Crippen LogP contribution < -0.4 is 0 Å². The minimum atomic E-state index is -0.333. The zero-order chi connectivity index (χ0) is 14.7. The average Bonchev–Trinajstić information content (AvgIpc) is 3.38. The van der Waals surface area contributed by atoms with E-state index in [-0.39, 0.29) is 24.0 Å². The molecule has 0 spiro atoms. The van der Waals surface area contributed by atoms with E-state index in [4.69, 9.17) is 0 Å². The molecule has 1 aliphatic rings. The van der Waals surface area contributed by atoms with Gasteiger partial charge in [-0.25, -0.2) is 0 Å². The highest BCUT2D eigenvalue weighted by Gasteiger charge is 2.35. The van der Waals surface area contributed by atoms with Gasteiger partial charge in [-0.05, 0) is 0 Å². The maximum atomic E-state index is 12.6. The Balaban J connectivity index is 1.77. The van der Waals surface area contributed by atoms with E-state index in [1.165, 1.54) is 0 Å². The van der Waals surface area contributed by atoms with Gasteiger partial charge in [-0.3, -0.25) is 14.5 Å². The van der Waals surface area contributed by atoms with E-state index in [0.717, 1.165) is 13.1 Å². The van der Waals surface area contributed by atoms with Crippen molar-refractivity contribution in [2.45, 2.75) is 12.5 Å². The molecule has 0 unspecified atom stereocenters. The summed E-state index contributed by atoms with van der Waals surface area (Å²) in [6, 6.07) is 18.1. The van der Waals surface area contributed by atoms with E-state index in [1.54, 1.807) is 12.1 Å². The zero-order valence-electron chi connectivity index (χ0n) is 11.7. The third kappa shape index (κ3) is 3.26. The van der Waals surface area contributed by atoms with E-state index in [2.05, 4.69) is 4.90 Å². The van der Waals surface area contributed by atoms with E-state index < -0.39 is 0 Å². The predicted octanol–water partition coefficient (Wildman–Crippen LogP) is 2.83. The van der Waals surface area contributed by atoms with Crippen LogP contribution in [0.4, 0.5) is 0 Å². The van der Waals surface area contributed by atoms with E-state index >= 15 is 0 Å². The number of rotatable bonds is 6. The van der Waals surface area contributed by atoms with E-state index in [9.17, 15) is 9.59 Å². The van der Waals surface area contributed by atoms with Crippen molar-refractivity contribution < 1.29 is 9.59 Å². The van der Waals surface area contributed by atoms with Crippen molar-refractivity contribution in [1.82, 2.24) is 4.90 Å². The van der Waals surface area contributed by atoms with Gasteiger partial charge in [0.05, 0.1) is 6.04 Å². The van der Waals surface area contributed by atoms with Gasteiger partial charge in [0.25, 0.3) is 0 Å². The Labute approximate surface area is 124 Å². The largest absolute Gasteiger partial charge is 0.294 e. The van der Waals surface area contributed by atoms with Gasteiger partial charge in [0.1, 0.15) is 0 Å². The lowest BCUT2D eigenvalue weighted by Gasteiger charge is -2.16. The van der Waals surface area contributed by atoms with Crippen LogP contribution in [0.3, 0.4) is 0 Å². The number of nitrogens with zero attached hydrogens (tertiary/aromatic N) is 1. The highest BCUT2D eigenvalue weighted by Crippen LogP contribution is 2.20. The average molecular weight is 279 g/mol. The SMILES string of the molecule is O=C(C[C@H](C(=O)c1ccccc1)N1CC1)c1ccccc1. The minimum absolute atomic E-state index is 0.0248. The van der Waals surface area contributed by atoms with Gasteiger partial charge in [0.2, 0.25) is 0 Å². The predicted molar refractivity (Wildman–Crippen MR) is 81.5 cm³/mol. The molecule has 1 saturated heterocycles. The molecule has 21 heavy (non-hydrogen) atoms. The number of ketones is 2. The number of hydrogen-bond acceptors (Lipinski definition) is 3. The quantitative estimate of drug-likeness (QED) is 0.602. The van der Waals surface area contributed by atoms with Crippen molar-refractivity contribution in [2.75, 3.05) is 13.1 Å². The molecule has 0 N–H and O–H groups in total. The van der Waals surface area contributed by atoms with Crippen molar-refractivity contribution in [3.8, 4) is 0 Å². The molecule has 1 fully saturated rings. The summed E-state index contributed by atoms with van der Waals surface area (Å²) in [7, 11) is 0. The highest BCUT2D eigenvalue weighted by molar-refractivity contribution is 6.05. The van der Waals surface area contributed by atoms with Crippen LogP contribution in [0.15, 0.2) is 60.7 Å². The second kappa shape index (κ2) is 6.02. The molecule has 3 rings (SSSR count). The Bertz CT molecular complexity index is 633. The Morgan fingerprint density at radius 2 is 1.38 bits per heavy atom. The summed E-state index contributed by atoms with van der Waals surface area (Å²) in [5.74, 6) is 0.0640. The van der Waals surface area contributed by atoms with Crippen molar-refractivity contribution >= 4 is 11.6 Å². The first-order valence-electron chi connectivity index (χ1n) is 7.17. The molecule has 0 amide bonds. The molecular weight excluding hydrogens is 262 g/mol. The van der Waals surface area contributed by atoms with Crippen LogP contribution in [-0.2, 0) is 0 Å². The van der Waals surface area contributed by atoms with Gasteiger partial charge in [0, 0.05) is 30.6 Å². The summed E-state index contributed by atoms with van der Waals surface area (Å²) in [5, 5.41) is 0. The van der Waals surface area contributed by atoms with Gasteiger partial charge < -0.3 is 0 Å². The Kier molecular flexibility index (Phi) is 3.93. The normalized spacial score (nSPS) is 15.4. The monoisotopic (exact) mass is 279 g/mol. The lowest BCUT2D eigenvalue weighted by Crippen LogP contribution is -2.31. The van der Waals surface area contributed by atoms with Gasteiger partial charge in [-0.2, -0.15) is 0 Å². The number of benzene rings is 2. The fourth-order valence-electron chi connectivity index (χ4n) is 2.47. The molecule has 3 nitrogen and oxygen atoms in total. The summed E-state index contributed by atoms with van der Waals surface area (Å²) in [6.45, 7) is 1.79. The Morgan fingerprint density at radius 3 is 1.90 bits per heavy atom. The summed E-state index contributed by atoms with van der Waals surface area (Å²) < 4.78 is 0. The van der Waals surface area contributed by atoms with E-state index in [0.29, 0.717) is 11.1 Å². The number of carbonyl (C=O) groups is 2. The fourth-order valence-corrected chi connectivity index (χ4v) is 2.47. The summed E-state index contributed by atoms with van der Waals surface area (Å²) >= 11 is 0. The Morgan fingerprint density at radius 1 is 0.857 bits per heavy atom. The summed E-state index contributed by atoms with van der Waals surface area (Å²) in [4.78, 5) is 27.0. The molecule has 2 aromatic rings. The fraction of sp³-hybridized carbons (Fsp3) is 0.222. The first-order valence-corrected chi connectivity index (χ1v) is 7.17. The van der Waals surface area contributed by atoms with Gasteiger partial charge >= 0.3 is 0 Å². The topological polar surface area (TPSA) is 37.1 Å². The van der Waals surface area contributed by atoms with Crippen LogP contribution in [0, 0.1) is 0 Å². The highest BCUT2D eigenvalue weighted by atomic mass is 16.1. The second-order valence-electron chi connectivity index (χ2n) is 5.28. The minimum Gasteiger partial charge on any atom is -0.294 e. The van der Waals surface area contributed by atoms with Crippen LogP contribution in [0.5, 0.6) is 0 Å². The van der Waals surface area contributed by atoms with Crippen LogP contribution in [-0.4, -0.2) is 35.6 Å². The first kappa shape index (κ1) is 13.7. The number of Topliss-reactive ketones (excluding diaryl/α,β-unsaturated/α-hetero) is 2. The molecule has 1 heterocycles. The molecule has 3 heteroatoms. The molecule has 0 aromatic heterocycles. The third-order valence-electron chi connectivity index (χ3n) is 3.76. The standard InChI is InChI=1S/C18H17NO2/c20-17(14-7-3-1-4-8-14)13-16(19-11-12-19)18(21)15-9-5-2-6-10-15/h1-10,16H,11-13H2/t16-/m1/s1. The maximum Gasteiger partial charge on any atom is 0.180 e. The van der Waals surface area contributed by atoms with Crippen LogP contribution in [0.25, 0.3) is 0 Å². The van der Waals surface area contributed by atoms with Crippen molar-refractivity contribution in [3.63, 3.8) is 0 Å². The number of carbonyl (C=O) groups excluding carboxylic acids is 2. The lowest BCUT2D eigenvalue weighted by molar-refractivity contribution is 0.0843. The zero-order valence-corrected chi connectivity index (χ0v) is 11.7. The van der Waals surface area contributed by atoms with Crippen molar-refractivity contribution in [2.24, 2.45) is 0 Å². The third-order valence-corrected chi connectivity index (χ3v) is 3.76. The maximum absolute atomic E-state index is 12.6. The van der Waals surface area contributed by atoms with Crippen molar-refractivity contribution in [3.05, 3.63) is 71.8 Å². The van der Waals surface area contributed by atoms with Gasteiger partial charge in [-0.1, -0.05) is 60.7 Å². The van der Waals surface area contributed by atoms with Crippen LogP contribution >= 0.6 is 0 Å². The molecule has 0 radical (unpaired) electrons. The molecule has 0 saturated carbocycles. The summed E-state index contributed by atoms with van der Waals surface area (Å²) in [6.07, 6.45) is 0.248.